The molecule has 1 heterocycles. The van der Waals surface area contributed by atoms with Gasteiger partial charge in [-0.2, -0.15) is 4.31 Å². The minimum Gasteiger partial charge on any atom is -0.326 e. The van der Waals surface area contributed by atoms with Crippen molar-refractivity contribution >= 4 is 37.3 Å². The molecule has 2 rings (SSSR count). The van der Waals surface area contributed by atoms with Gasteiger partial charge in [0.2, 0.25) is 10.0 Å². The first-order valence-corrected chi connectivity index (χ1v) is 9.40. The fourth-order valence-electron chi connectivity index (χ4n) is 1.95. The van der Waals surface area contributed by atoms with E-state index in [-0.39, 0.29) is 4.90 Å². The maximum Gasteiger partial charge on any atom is 0.245 e. The third kappa shape index (κ3) is 3.54. The van der Waals surface area contributed by atoms with Crippen molar-refractivity contribution in [2.24, 2.45) is 5.73 Å². The van der Waals surface area contributed by atoms with Crippen LogP contribution in [0.3, 0.4) is 0 Å². The third-order valence-corrected chi connectivity index (χ3v) is 7.33. The molecule has 0 radical (unpaired) electrons. The first-order chi connectivity index (χ1) is 9.86. The fourth-order valence-corrected chi connectivity index (χ4v) is 5.61. The lowest BCUT2D eigenvalue weighted by atomic mass is 10.1. The molecule has 0 spiro atoms. The predicted octanol–water partition coefficient (Wildman–Crippen LogP) is 3.10. The van der Waals surface area contributed by atoms with Crippen molar-refractivity contribution in [2.45, 2.75) is 24.9 Å². The number of thiophene rings is 1. The van der Waals surface area contributed by atoms with Gasteiger partial charge in [0.15, 0.2) is 0 Å². The Hall–Kier alpha value is -0.730. The zero-order valence-electron chi connectivity index (χ0n) is 11.8. The van der Waals surface area contributed by atoms with Gasteiger partial charge >= 0.3 is 0 Å². The lowest BCUT2D eigenvalue weighted by molar-refractivity contribution is 0.466. The summed E-state index contributed by atoms with van der Waals surface area (Å²) in [4.78, 5) is 1.12. The Morgan fingerprint density at radius 1 is 1.33 bits per heavy atom. The molecule has 2 N–H and O–H groups in total. The van der Waals surface area contributed by atoms with Crippen molar-refractivity contribution in [1.82, 2.24) is 4.31 Å². The van der Waals surface area contributed by atoms with Crippen LogP contribution >= 0.6 is 27.3 Å². The lowest BCUT2D eigenvalue weighted by Gasteiger charge is -2.18. The largest absolute Gasteiger partial charge is 0.326 e. The number of benzene rings is 1. The Morgan fingerprint density at radius 2 is 2.00 bits per heavy atom. The normalized spacial score (nSPS) is 12.0. The van der Waals surface area contributed by atoms with Gasteiger partial charge in [-0.05, 0) is 40.0 Å². The molecule has 0 amide bonds. The quantitative estimate of drug-likeness (QED) is 0.855. The van der Waals surface area contributed by atoms with E-state index in [1.54, 1.807) is 13.1 Å². The number of nitrogens with two attached hydrogens (primary N) is 1. The molecule has 114 valence electrons. The van der Waals surface area contributed by atoms with Crippen molar-refractivity contribution in [2.75, 3.05) is 7.05 Å². The molecule has 0 aliphatic rings. The second kappa shape index (κ2) is 6.58. The Labute approximate surface area is 137 Å². The molecule has 0 aliphatic heterocycles. The summed E-state index contributed by atoms with van der Waals surface area (Å²) in [5.41, 5.74) is 7.65. The predicted molar refractivity (Wildman–Crippen MR) is 89.7 cm³/mol. The Morgan fingerprint density at radius 3 is 2.57 bits per heavy atom. The molecular weight excluding hydrogens is 372 g/mol. The maximum atomic E-state index is 12.7. The van der Waals surface area contributed by atoms with Gasteiger partial charge in [0.25, 0.3) is 0 Å². The zero-order valence-corrected chi connectivity index (χ0v) is 15.1. The van der Waals surface area contributed by atoms with Gasteiger partial charge in [0.1, 0.15) is 4.90 Å². The van der Waals surface area contributed by atoms with Crippen LogP contribution in [0.15, 0.2) is 39.0 Å². The van der Waals surface area contributed by atoms with Crippen molar-refractivity contribution in [1.29, 1.82) is 0 Å². The molecule has 0 saturated carbocycles. The van der Waals surface area contributed by atoms with Crippen molar-refractivity contribution in [3.8, 4) is 0 Å². The number of aryl methyl sites for hydroxylation is 1. The smallest absolute Gasteiger partial charge is 0.245 e. The molecule has 4 nitrogen and oxygen atoms in total. The van der Waals surface area contributed by atoms with Crippen LogP contribution < -0.4 is 5.73 Å². The minimum atomic E-state index is -3.53. The van der Waals surface area contributed by atoms with Gasteiger partial charge in [-0.15, -0.1) is 11.3 Å². The van der Waals surface area contributed by atoms with E-state index in [0.29, 0.717) is 16.9 Å². The average Bonchev–Trinajstić information content (AvgIpc) is 2.83. The molecular formula is C14H17BrN2O2S2. The molecule has 1 aromatic carbocycles. The number of hydrogen-bond acceptors (Lipinski definition) is 4. The lowest BCUT2D eigenvalue weighted by Crippen LogP contribution is -2.26. The highest BCUT2D eigenvalue weighted by Crippen LogP contribution is 2.33. The van der Waals surface area contributed by atoms with E-state index in [2.05, 4.69) is 15.9 Å². The molecule has 0 unspecified atom stereocenters. The number of halogens is 1. The van der Waals surface area contributed by atoms with E-state index in [9.17, 15) is 8.42 Å². The van der Waals surface area contributed by atoms with Crippen LogP contribution in [0.2, 0.25) is 0 Å². The Balaban J connectivity index is 2.30. The molecule has 7 heteroatoms. The van der Waals surface area contributed by atoms with Gasteiger partial charge in [0, 0.05) is 25.0 Å². The molecule has 21 heavy (non-hydrogen) atoms. The van der Waals surface area contributed by atoms with Crippen LogP contribution in [0.4, 0.5) is 0 Å². The molecule has 0 bridgehead atoms. The van der Waals surface area contributed by atoms with Crippen molar-refractivity contribution in [3.05, 3.63) is 50.1 Å². The summed E-state index contributed by atoms with van der Waals surface area (Å²) < 4.78 is 27.3. The molecule has 0 saturated heterocycles. The fraction of sp³-hybridized carbons (Fsp3) is 0.286. The van der Waals surface area contributed by atoms with Crippen LogP contribution in [0.5, 0.6) is 0 Å². The average molecular weight is 389 g/mol. The van der Waals surface area contributed by atoms with Gasteiger partial charge in [-0.1, -0.05) is 24.3 Å². The number of hydrogen-bond donors (Lipinski definition) is 1. The van der Waals surface area contributed by atoms with E-state index in [0.717, 1.165) is 16.0 Å². The monoisotopic (exact) mass is 388 g/mol. The maximum absolute atomic E-state index is 12.7. The Bertz CT molecular complexity index is 741. The summed E-state index contributed by atoms with van der Waals surface area (Å²) in [6.07, 6.45) is 0. The SMILES string of the molecule is Cc1ccccc1CN(C)S(=O)(=O)c1cc(CN)sc1Br. The van der Waals surface area contributed by atoms with Crippen molar-refractivity contribution in [3.63, 3.8) is 0 Å². The van der Waals surface area contributed by atoms with Gasteiger partial charge in [-0.3, -0.25) is 0 Å². The summed E-state index contributed by atoms with van der Waals surface area (Å²) in [6.45, 7) is 2.65. The van der Waals surface area contributed by atoms with Gasteiger partial charge in [-0.25, -0.2) is 8.42 Å². The Kier molecular flexibility index (Phi) is 5.21. The number of rotatable bonds is 5. The summed E-state index contributed by atoms with van der Waals surface area (Å²) in [7, 11) is -1.94. The van der Waals surface area contributed by atoms with Crippen molar-refractivity contribution < 1.29 is 8.42 Å². The van der Waals surface area contributed by atoms with E-state index >= 15 is 0 Å². The van der Waals surface area contributed by atoms with Crippen LogP contribution in [-0.2, 0) is 23.1 Å². The van der Waals surface area contributed by atoms with Gasteiger partial charge < -0.3 is 5.73 Å². The number of nitrogens with zero attached hydrogens (tertiary/aromatic N) is 1. The first kappa shape index (κ1) is 16.6. The van der Waals surface area contributed by atoms with Crippen LogP contribution in [0, 0.1) is 6.92 Å². The molecule has 0 aliphatic carbocycles. The topological polar surface area (TPSA) is 63.4 Å². The molecule has 1 aromatic heterocycles. The second-order valence-corrected chi connectivity index (χ2v) is 9.21. The van der Waals surface area contributed by atoms with E-state index in [1.165, 1.54) is 15.6 Å². The minimum absolute atomic E-state index is 0.282. The summed E-state index contributed by atoms with van der Waals surface area (Å²) in [5, 5.41) is 0. The van der Waals surface area contributed by atoms with Crippen LogP contribution in [0.1, 0.15) is 16.0 Å². The highest BCUT2D eigenvalue weighted by Gasteiger charge is 2.25. The molecule has 2 aromatic rings. The summed E-state index contributed by atoms with van der Waals surface area (Å²) in [5.74, 6) is 0. The van der Waals surface area contributed by atoms with Crippen LogP contribution in [0.25, 0.3) is 0 Å². The zero-order chi connectivity index (χ0) is 15.6. The van der Waals surface area contributed by atoms with E-state index in [1.807, 2.05) is 31.2 Å². The van der Waals surface area contributed by atoms with Crippen LogP contribution in [-0.4, -0.2) is 19.8 Å². The molecule has 0 atom stereocenters. The number of sulfonamides is 1. The summed E-state index contributed by atoms with van der Waals surface area (Å²) in [6, 6.07) is 9.41. The first-order valence-electron chi connectivity index (χ1n) is 6.35. The molecule has 0 fully saturated rings. The second-order valence-electron chi connectivity index (χ2n) is 4.74. The van der Waals surface area contributed by atoms with E-state index < -0.39 is 10.0 Å². The third-order valence-electron chi connectivity index (χ3n) is 3.25. The van der Waals surface area contributed by atoms with E-state index in [4.69, 9.17) is 5.73 Å². The highest BCUT2D eigenvalue weighted by atomic mass is 79.9. The standard InChI is InChI=1S/C14H17BrN2O2S2/c1-10-5-3-4-6-11(10)9-17(2)21(18,19)13-7-12(8-16)20-14(13)15/h3-7H,8-9,16H2,1-2H3. The highest BCUT2D eigenvalue weighted by molar-refractivity contribution is 9.11. The summed E-state index contributed by atoms with van der Waals surface area (Å²) >= 11 is 4.67. The van der Waals surface area contributed by atoms with Gasteiger partial charge in [0.05, 0.1) is 3.79 Å².